The molecule has 1 amide bonds. The fourth-order valence-corrected chi connectivity index (χ4v) is 3.06. The van der Waals surface area contributed by atoms with Gasteiger partial charge in [0.05, 0.1) is 12.6 Å². The topological polar surface area (TPSA) is 93.5 Å². The van der Waals surface area contributed by atoms with E-state index >= 15 is 0 Å². The van der Waals surface area contributed by atoms with Crippen LogP contribution in [0.5, 0.6) is 0 Å². The molecule has 2 aromatic rings. The summed E-state index contributed by atoms with van der Waals surface area (Å²) in [6.45, 7) is 0.352. The summed E-state index contributed by atoms with van der Waals surface area (Å²) in [7, 11) is 0. The predicted molar refractivity (Wildman–Crippen MR) is 85.5 cm³/mol. The average molecular weight is 333 g/mol. The lowest BCUT2D eigenvalue weighted by Gasteiger charge is -2.21. The maximum Gasteiger partial charge on any atom is 0.413 e. The summed E-state index contributed by atoms with van der Waals surface area (Å²) in [5.41, 5.74) is 0.547. The van der Waals surface area contributed by atoms with Crippen LogP contribution in [0, 0.1) is 0 Å². The monoisotopic (exact) mass is 333 g/mol. The molecule has 1 aromatic heterocycles. The van der Waals surface area contributed by atoms with E-state index in [1.165, 1.54) is 22.4 Å². The van der Waals surface area contributed by atoms with Crippen LogP contribution in [0.4, 0.5) is 10.6 Å². The van der Waals surface area contributed by atoms with Gasteiger partial charge in [0.1, 0.15) is 12.4 Å². The number of nitrogens with zero attached hydrogens (tertiary/aromatic N) is 2. The van der Waals surface area contributed by atoms with E-state index in [1.807, 2.05) is 30.3 Å². The Kier molecular flexibility index (Phi) is 4.63. The summed E-state index contributed by atoms with van der Waals surface area (Å²) in [5.74, 6) is 0.608. The zero-order chi connectivity index (χ0) is 16.2. The van der Waals surface area contributed by atoms with Gasteiger partial charge in [-0.15, -0.1) is 0 Å². The number of thioether (sulfide) groups is 1. The summed E-state index contributed by atoms with van der Waals surface area (Å²) in [5, 5.41) is 12.5. The number of carbonyl (C=O) groups is 1. The first-order valence-corrected chi connectivity index (χ1v) is 8.01. The molecule has 2 heterocycles. The largest absolute Gasteiger partial charge is 0.444 e. The Morgan fingerprint density at radius 3 is 3.00 bits per heavy atom. The number of fused-ring (bicyclic) bond motifs is 1. The van der Waals surface area contributed by atoms with Crippen LogP contribution in [0.3, 0.4) is 0 Å². The van der Waals surface area contributed by atoms with Crippen molar-refractivity contribution in [2.45, 2.75) is 24.4 Å². The van der Waals surface area contributed by atoms with Gasteiger partial charge >= 0.3 is 6.09 Å². The zero-order valence-electron chi connectivity index (χ0n) is 12.1. The third kappa shape index (κ3) is 3.91. The van der Waals surface area contributed by atoms with Gasteiger partial charge in [-0.25, -0.2) is 9.78 Å². The van der Waals surface area contributed by atoms with Gasteiger partial charge in [-0.3, -0.25) is 14.7 Å². The number of benzene rings is 1. The molecule has 7 nitrogen and oxygen atoms in total. The first-order chi connectivity index (χ1) is 11.1. The molecule has 0 aliphatic carbocycles. The maximum absolute atomic E-state index is 12.0. The molecule has 0 radical (unpaired) electrons. The molecule has 0 fully saturated rings. The molecular formula is C15H15N3O4S. The number of carbonyl (C=O) groups excluding carboxylic acids is 1. The molecule has 0 saturated heterocycles. The van der Waals surface area contributed by atoms with Crippen LogP contribution in [0.2, 0.25) is 0 Å². The van der Waals surface area contributed by atoms with Gasteiger partial charge in [-0.1, -0.05) is 42.1 Å². The Labute approximate surface area is 136 Å². The van der Waals surface area contributed by atoms with E-state index in [0.717, 1.165) is 5.56 Å². The number of rotatable bonds is 3. The number of ether oxygens (including phenoxy) is 1. The Morgan fingerprint density at radius 2 is 2.22 bits per heavy atom. The van der Waals surface area contributed by atoms with Crippen molar-refractivity contribution in [3.8, 4) is 0 Å². The predicted octanol–water partition coefficient (Wildman–Crippen LogP) is 1.46. The van der Waals surface area contributed by atoms with Crippen molar-refractivity contribution in [2.75, 3.05) is 11.1 Å². The molecule has 0 bridgehead atoms. The highest BCUT2D eigenvalue weighted by Gasteiger charge is 2.20. The lowest BCUT2D eigenvalue weighted by atomic mass is 10.2. The molecule has 1 unspecified atom stereocenters. The highest BCUT2D eigenvalue weighted by atomic mass is 32.2. The van der Waals surface area contributed by atoms with Gasteiger partial charge in [-0.2, -0.15) is 0 Å². The Balaban J connectivity index is 1.65. The fourth-order valence-electron chi connectivity index (χ4n) is 2.13. The maximum atomic E-state index is 12.0. The average Bonchev–Trinajstić information content (AvgIpc) is 2.55. The molecule has 8 heteroatoms. The molecule has 1 atom stereocenters. The van der Waals surface area contributed by atoms with Crippen molar-refractivity contribution >= 4 is 23.7 Å². The standard InChI is InChI=1S/C15H15N3O4S/c19-11-7-18-13(20)6-12(16-14(18)23-9-11)17-15(21)22-8-10-4-2-1-3-5-10/h1-6,11,19H,7-9H2,(H,17,21). The van der Waals surface area contributed by atoms with Gasteiger partial charge in [0.2, 0.25) is 0 Å². The smallest absolute Gasteiger partial charge is 0.413 e. The number of nitrogens with one attached hydrogen (secondary N) is 1. The van der Waals surface area contributed by atoms with Crippen LogP contribution in [0.25, 0.3) is 0 Å². The number of aliphatic hydroxyl groups excluding tert-OH is 1. The van der Waals surface area contributed by atoms with E-state index in [1.54, 1.807) is 0 Å². The summed E-state index contributed by atoms with van der Waals surface area (Å²) in [6, 6.07) is 10.5. The Morgan fingerprint density at radius 1 is 1.43 bits per heavy atom. The van der Waals surface area contributed by atoms with Crippen molar-refractivity contribution in [2.24, 2.45) is 0 Å². The Hall–Kier alpha value is -2.32. The minimum absolute atomic E-state index is 0.136. The molecular weight excluding hydrogens is 318 g/mol. The van der Waals surface area contributed by atoms with Crippen LogP contribution in [-0.4, -0.2) is 32.6 Å². The quantitative estimate of drug-likeness (QED) is 0.826. The minimum atomic E-state index is -0.674. The third-order valence-electron chi connectivity index (χ3n) is 3.21. The van der Waals surface area contributed by atoms with Gasteiger partial charge in [-0.05, 0) is 5.56 Å². The molecule has 3 rings (SSSR count). The number of hydrogen-bond acceptors (Lipinski definition) is 6. The van der Waals surface area contributed by atoms with Crippen molar-refractivity contribution < 1.29 is 14.6 Å². The molecule has 0 spiro atoms. The van der Waals surface area contributed by atoms with E-state index in [2.05, 4.69) is 10.3 Å². The lowest BCUT2D eigenvalue weighted by molar-refractivity contribution is 0.154. The van der Waals surface area contributed by atoms with Crippen molar-refractivity contribution in [1.82, 2.24) is 9.55 Å². The van der Waals surface area contributed by atoms with E-state index in [9.17, 15) is 14.7 Å². The van der Waals surface area contributed by atoms with Gasteiger partial charge in [0.15, 0.2) is 5.16 Å². The van der Waals surface area contributed by atoms with E-state index in [-0.39, 0.29) is 24.5 Å². The zero-order valence-corrected chi connectivity index (χ0v) is 13.0. The molecule has 2 N–H and O–H groups in total. The Bertz CT molecular complexity index is 763. The second-order valence-corrected chi connectivity index (χ2v) is 6.01. The highest BCUT2D eigenvalue weighted by Crippen LogP contribution is 2.22. The first kappa shape index (κ1) is 15.6. The second kappa shape index (κ2) is 6.84. The highest BCUT2D eigenvalue weighted by molar-refractivity contribution is 7.99. The molecule has 1 aliphatic heterocycles. The van der Waals surface area contributed by atoms with Crippen LogP contribution in [0.15, 0.2) is 46.3 Å². The van der Waals surface area contributed by atoms with Crippen LogP contribution in [-0.2, 0) is 17.9 Å². The van der Waals surface area contributed by atoms with Gasteiger partial charge in [0, 0.05) is 11.8 Å². The molecule has 1 aliphatic rings. The number of aromatic nitrogens is 2. The number of hydrogen-bond donors (Lipinski definition) is 2. The second-order valence-electron chi connectivity index (χ2n) is 5.02. The van der Waals surface area contributed by atoms with Gasteiger partial charge < -0.3 is 9.84 Å². The molecule has 23 heavy (non-hydrogen) atoms. The lowest BCUT2D eigenvalue weighted by Crippen LogP contribution is -2.33. The third-order valence-corrected chi connectivity index (χ3v) is 4.34. The normalized spacial score (nSPS) is 16.5. The first-order valence-electron chi connectivity index (χ1n) is 7.02. The molecule has 120 valence electrons. The summed E-state index contributed by atoms with van der Waals surface area (Å²) in [4.78, 5) is 28.0. The van der Waals surface area contributed by atoms with Crippen molar-refractivity contribution in [3.63, 3.8) is 0 Å². The van der Waals surface area contributed by atoms with E-state index in [4.69, 9.17) is 4.74 Å². The van der Waals surface area contributed by atoms with Crippen LogP contribution < -0.4 is 10.9 Å². The van der Waals surface area contributed by atoms with E-state index in [0.29, 0.717) is 10.9 Å². The SMILES string of the molecule is O=C(Nc1cc(=O)n2c(n1)SCC(O)C2)OCc1ccccc1. The fraction of sp³-hybridized carbons (Fsp3) is 0.267. The van der Waals surface area contributed by atoms with Gasteiger partial charge in [0.25, 0.3) is 5.56 Å². The molecule has 0 saturated carbocycles. The van der Waals surface area contributed by atoms with E-state index < -0.39 is 12.2 Å². The number of amides is 1. The van der Waals surface area contributed by atoms with Crippen molar-refractivity contribution in [3.05, 3.63) is 52.3 Å². The van der Waals surface area contributed by atoms with Crippen molar-refractivity contribution in [1.29, 1.82) is 0 Å². The van der Waals surface area contributed by atoms with Crippen LogP contribution in [0.1, 0.15) is 5.56 Å². The minimum Gasteiger partial charge on any atom is -0.444 e. The van der Waals surface area contributed by atoms with Crippen LogP contribution >= 0.6 is 11.8 Å². The summed E-state index contributed by atoms with van der Waals surface area (Å²) < 4.78 is 6.48. The molecule has 1 aromatic carbocycles. The number of aliphatic hydroxyl groups is 1. The summed E-state index contributed by atoms with van der Waals surface area (Å²) in [6.07, 6.45) is -1.24. The summed E-state index contributed by atoms with van der Waals surface area (Å²) >= 11 is 1.27. The number of anilines is 1.